The summed E-state index contributed by atoms with van der Waals surface area (Å²) in [4.78, 5) is 11.6. The number of nitrogens with two attached hydrogens (primary N) is 3. The number of anilines is 2. The highest BCUT2D eigenvalue weighted by Gasteiger charge is 2.24. The minimum absolute atomic E-state index is 0.198. The molecule has 1 aliphatic rings. The van der Waals surface area contributed by atoms with E-state index < -0.39 is 5.91 Å². The predicted octanol–water partition coefficient (Wildman–Crippen LogP) is 2.29. The minimum Gasteiger partial charge on any atom is -0.402 e. The maximum Gasteiger partial charge on any atom is 0.255 e. The van der Waals surface area contributed by atoms with Gasteiger partial charge in [0, 0.05) is 29.6 Å². The fraction of sp³-hybridized carbons (Fsp3) is 0.263. The van der Waals surface area contributed by atoms with Gasteiger partial charge in [-0.25, -0.2) is 0 Å². The summed E-state index contributed by atoms with van der Waals surface area (Å²) >= 11 is 6.43. The first-order valence-corrected chi connectivity index (χ1v) is 8.87. The highest BCUT2D eigenvalue weighted by Crippen LogP contribution is 2.40. The second kappa shape index (κ2) is 7.25. The Labute approximate surface area is 162 Å². The Balaban J connectivity index is 2.01. The lowest BCUT2D eigenvalue weighted by Gasteiger charge is -2.14. The molecule has 7 nitrogen and oxygen atoms in total. The van der Waals surface area contributed by atoms with E-state index in [1.54, 1.807) is 19.2 Å². The van der Waals surface area contributed by atoms with Gasteiger partial charge >= 0.3 is 0 Å². The molecule has 0 saturated carbocycles. The Morgan fingerprint density at radius 3 is 2.70 bits per heavy atom. The molecule has 1 amide bonds. The van der Waals surface area contributed by atoms with Gasteiger partial charge in [-0.15, -0.1) is 0 Å². The van der Waals surface area contributed by atoms with E-state index in [9.17, 15) is 4.79 Å². The number of aromatic nitrogens is 2. The number of aromatic amines is 1. The molecule has 0 bridgehead atoms. The van der Waals surface area contributed by atoms with E-state index in [4.69, 9.17) is 28.8 Å². The number of nitrogens with one attached hydrogen (secondary N) is 2. The van der Waals surface area contributed by atoms with Crippen molar-refractivity contribution in [3.63, 3.8) is 0 Å². The third kappa shape index (κ3) is 3.44. The quantitative estimate of drug-likeness (QED) is 0.408. The molecule has 1 unspecified atom stereocenters. The number of nitrogen functional groups attached to an aromatic ring is 1. The van der Waals surface area contributed by atoms with Crippen LogP contribution in [0.1, 0.15) is 46.9 Å². The van der Waals surface area contributed by atoms with Gasteiger partial charge in [0.05, 0.1) is 5.02 Å². The summed E-state index contributed by atoms with van der Waals surface area (Å²) in [5.74, 6) is 5.83. The van der Waals surface area contributed by atoms with Gasteiger partial charge in [0.2, 0.25) is 0 Å². The minimum atomic E-state index is -0.629. The molecule has 8 heteroatoms. The lowest BCUT2D eigenvalue weighted by molar-refractivity contribution is 0.100. The number of carbonyl (C=O) groups is 1. The fourth-order valence-electron chi connectivity index (χ4n) is 3.31. The number of amides is 1. The van der Waals surface area contributed by atoms with Gasteiger partial charge < -0.3 is 22.5 Å². The second-order valence-corrected chi connectivity index (χ2v) is 6.89. The molecule has 8 N–H and O–H groups in total. The third-order valence-electron chi connectivity index (χ3n) is 4.69. The average molecular weight is 385 g/mol. The number of halogens is 1. The molecule has 1 aliphatic carbocycles. The molecule has 2 aromatic rings. The molecule has 27 heavy (non-hydrogen) atoms. The van der Waals surface area contributed by atoms with E-state index in [2.05, 4.69) is 34.3 Å². The van der Waals surface area contributed by atoms with Crippen LogP contribution in [0.15, 0.2) is 17.8 Å². The molecule has 1 aromatic carbocycles. The Morgan fingerprint density at radius 1 is 1.37 bits per heavy atom. The van der Waals surface area contributed by atoms with Crippen LogP contribution in [0, 0.1) is 17.8 Å². The Hall–Kier alpha value is -3.11. The Morgan fingerprint density at radius 2 is 2.11 bits per heavy atom. The molecule has 1 heterocycles. The van der Waals surface area contributed by atoms with Crippen molar-refractivity contribution >= 4 is 34.6 Å². The summed E-state index contributed by atoms with van der Waals surface area (Å²) in [6.07, 6.45) is 1.86. The van der Waals surface area contributed by atoms with Crippen LogP contribution in [0.2, 0.25) is 5.02 Å². The van der Waals surface area contributed by atoms with Crippen molar-refractivity contribution in [3.8, 4) is 11.8 Å². The van der Waals surface area contributed by atoms with Crippen LogP contribution in [0.25, 0.3) is 5.57 Å². The molecule has 0 aliphatic heterocycles. The van der Waals surface area contributed by atoms with Gasteiger partial charge in [-0.05, 0) is 42.4 Å². The summed E-state index contributed by atoms with van der Waals surface area (Å²) in [6.45, 7) is 2.12. The smallest absolute Gasteiger partial charge is 0.255 e. The molecule has 140 valence electrons. The maximum atomic E-state index is 11.6. The van der Waals surface area contributed by atoms with E-state index >= 15 is 0 Å². The summed E-state index contributed by atoms with van der Waals surface area (Å²) in [5, 5.41) is 9.91. The average Bonchev–Trinajstić information content (AvgIpc) is 3.18. The van der Waals surface area contributed by atoms with Crippen LogP contribution in [0.4, 0.5) is 11.5 Å². The van der Waals surface area contributed by atoms with Crippen molar-refractivity contribution in [1.82, 2.24) is 10.2 Å². The third-order valence-corrected chi connectivity index (χ3v) is 5.00. The van der Waals surface area contributed by atoms with E-state index in [0.29, 0.717) is 33.7 Å². The zero-order chi connectivity index (χ0) is 19.7. The maximum absolute atomic E-state index is 11.6. The van der Waals surface area contributed by atoms with Crippen molar-refractivity contribution < 1.29 is 4.79 Å². The standard InChI is InChI=1S/C19H21ClN6O/c1-9-3-5-13(21)16(9)11-8-12(20)10(7-14(11)22)4-6-15-17(18(23)27)19(24-2)26-25-15/h7-9H,3,5,21-22H2,1-2H3,(H2,23,27)(H2,24,25,26). The number of primary amides is 1. The van der Waals surface area contributed by atoms with Crippen LogP contribution in [0.5, 0.6) is 0 Å². The van der Waals surface area contributed by atoms with Gasteiger partial charge in [0.25, 0.3) is 5.91 Å². The number of allylic oxidation sites excluding steroid dienone is 2. The molecular formula is C19H21ClN6O. The molecule has 0 fully saturated rings. The highest BCUT2D eigenvalue weighted by molar-refractivity contribution is 6.32. The first-order chi connectivity index (χ1) is 12.8. The van der Waals surface area contributed by atoms with Crippen molar-refractivity contribution in [2.45, 2.75) is 19.8 Å². The largest absolute Gasteiger partial charge is 0.402 e. The summed E-state index contributed by atoms with van der Waals surface area (Å²) in [7, 11) is 1.64. The number of benzene rings is 1. The number of nitrogens with zero attached hydrogens (tertiary/aromatic N) is 1. The summed E-state index contributed by atoms with van der Waals surface area (Å²) in [6, 6.07) is 3.52. The lowest BCUT2D eigenvalue weighted by Crippen LogP contribution is -2.13. The van der Waals surface area contributed by atoms with Gasteiger partial charge in [0.15, 0.2) is 5.82 Å². The van der Waals surface area contributed by atoms with Gasteiger partial charge in [-0.1, -0.05) is 24.4 Å². The van der Waals surface area contributed by atoms with Crippen molar-refractivity contribution in [2.75, 3.05) is 18.1 Å². The van der Waals surface area contributed by atoms with Crippen LogP contribution in [-0.2, 0) is 0 Å². The van der Waals surface area contributed by atoms with E-state index in [1.165, 1.54) is 0 Å². The van der Waals surface area contributed by atoms with E-state index in [0.717, 1.165) is 29.7 Å². The number of hydrogen-bond acceptors (Lipinski definition) is 5. The topological polar surface area (TPSA) is 136 Å². The fourth-order valence-corrected chi connectivity index (χ4v) is 3.52. The number of carbonyl (C=O) groups excluding carboxylic acids is 1. The molecule has 0 saturated heterocycles. The van der Waals surface area contributed by atoms with Gasteiger partial charge in [-0.2, -0.15) is 5.10 Å². The summed E-state index contributed by atoms with van der Waals surface area (Å²) < 4.78 is 0. The molecule has 0 spiro atoms. The first-order valence-electron chi connectivity index (χ1n) is 8.49. The van der Waals surface area contributed by atoms with Crippen molar-refractivity contribution in [2.24, 2.45) is 17.4 Å². The van der Waals surface area contributed by atoms with Gasteiger partial charge in [-0.3, -0.25) is 9.89 Å². The molecule has 1 atom stereocenters. The van der Waals surface area contributed by atoms with Crippen LogP contribution in [0.3, 0.4) is 0 Å². The van der Waals surface area contributed by atoms with E-state index in [-0.39, 0.29) is 5.56 Å². The summed E-state index contributed by atoms with van der Waals surface area (Å²) in [5.41, 5.74) is 22.2. The number of H-pyrrole nitrogens is 1. The number of hydrogen-bond donors (Lipinski definition) is 5. The predicted molar refractivity (Wildman–Crippen MR) is 108 cm³/mol. The van der Waals surface area contributed by atoms with Crippen molar-refractivity contribution in [3.05, 3.63) is 45.2 Å². The SMILES string of the molecule is CNc1n[nH]c(C#Cc2cc(N)c(C3=C(N)CCC3C)cc2Cl)c1C(N)=O. The van der Waals surface area contributed by atoms with Crippen LogP contribution < -0.4 is 22.5 Å². The van der Waals surface area contributed by atoms with Crippen molar-refractivity contribution in [1.29, 1.82) is 0 Å². The molecular weight excluding hydrogens is 364 g/mol. The van der Waals surface area contributed by atoms with Crippen LogP contribution >= 0.6 is 11.6 Å². The highest BCUT2D eigenvalue weighted by atomic mass is 35.5. The molecule has 0 radical (unpaired) electrons. The zero-order valence-electron chi connectivity index (χ0n) is 15.1. The Kier molecular flexibility index (Phi) is 5.02. The zero-order valence-corrected chi connectivity index (χ0v) is 15.9. The normalized spacial score (nSPS) is 16.2. The molecule has 1 aromatic heterocycles. The number of rotatable bonds is 3. The molecule has 3 rings (SSSR count). The first kappa shape index (κ1) is 18.7. The second-order valence-electron chi connectivity index (χ2n) is 6.48. The van der Waals surface area contributed by atoms with Gasteiger partial charge in [0.1, 0.15) is 11.3 Å². The lowest BCUT2D eigenvalue weighted by atomic mass is 9.94. The Bertz CT molecular complexity index is 1010. The monoisotopic (exact) mass is 384 g/mol. The van der Waals surface area contributed by atoms with Crippen LogP contribution in [-0.4, -0.2) is 23.2 Å². The van der Waals surface area contributed by atoms with E-state index in [1.807, 2.05) is 0 Å².